The highest BCUT2D eigenvalue weighted by atomic mass is 19.1. The second kappa shape index (κ2) is 5.49. The number of aryl methyl sites for hydroxylation is 2. The minimum Gasteiger partial charge on any atom is -0.388 e. The molecule has 0 heterocycles. The molecule has 0 bridgehead atoms. The van der Waals surface area contributed by atoms with Crippen LogP contribution in [0.1, 0.15) is 28.4 Å². The quantitative estimate of drug-likeness (QED) is 0.890. The number of hydrogen-bond acceptors (Lipinski definition) is 1. The van der Waals surface area contributed by atoms with Crippen molar-refractivity contribution in [3.05, 3.63) is 70.3 Å². The Morgan fingerprint density at radius 3 is 2.47 bits per heavy atom. The topological polar surface area (TPSA) is 20.2 Å². The van der Waals surface area contributed by atoms with Gasteiger partial charge >= 0.3 is 0 Å². The van der Waals surface area contributed by atoms with Crippen LogP contribution in [0, 0.1) is 25.5 Å². The molecule has 2 rings (SSSR count). The maximum Gasteiger partial charge on any atom is 0.131 e. The van der Waals surface area contributed by atoms with Crippen molar-refractivity contribution in [2.24, 2.45) is 0 Å². The maximum atomic E-state index is 13.7. The van der Waals surface area contributed by atoms with Gasteiger partial charge in [0, 0.05) is 18.1 Å². The number of hydrogen-bond donors (Lipinski definition) is 1. The summed E-state index contributed by atoms with van der Waals surface area (Å²) in [6.07, 6.45) is -0.662. The van der Waals surface area contributed by atoms with Crippen molar-refractivity contribution in [1.82, 2.24) is 0 Å². The molecule has 1 atom stereocenters. The van der Waals surface area contributed by atoms with Crippen molar-refractivity contribution in [3.8, 4) is 0 Å². The lowest BCUT2D eigenvalue weighted by Crippen LogP contribution is -2.06. The number of halogens is 2. The molecule has 0 spiro atoms. The summed E-state index contributed by atoms with van der Waals surface area (Å²) in [5.74, 6) is -1.30. The molecule has 0 amide bonds. The van der Waals surface area contributed by atoms with Gasteiger partial charge in [0.25, 0.3) is 0 Å². The Kier molecular flexibility index (Phi) is 3.96. The second-order valence-corrected chi connectivity index (χ2v) is 4.83. The molecule has 1 nitrogen and oxygen atoms in total. The smallest absolute Gasteiger partial charge is 0.131 e. The lowest BCUT2D eigenvalue weighted by molar-refractivity contribution is 0.173. The first-order valence-corrected chi connectivity index (χ1v) is 6.16. The molecular weight excluding hydrogens is 246 g/mol. The summed E-state index contributed by atoms with van der Waals surface area (Å²) < 4.78 is 26.8. The van der Waals surface area contributed by atoms with Gasteiger partial charge in [-0.25, -0.2) is 8.78 Å². The number of rotatable bonds is 3. The van der Waals surface area contributed by atoms with E-state index in [4.69, 9.17) is 0 Å². The van der Waals surface area contributed by atoms with Gasteiger partial charge in [-0.3, -0.25) is 0 Å². The molecule has 1 unspecified atom stereocenters. The Bertz CT molecular complexity index is 593. The summed E-state index contributed by atoms with van der Waals surface area (Å²) >= 11 is 0. The van der Waals surface area contributed by atoms with Crippen LogP contribution in [0.3, 0.4) is 0 Å². The van der Waals surface area contributed by atoms with Crippen LogP contribution in [0.2, 0.25) is 0 Å². The van der Waals surface area contributed by atoms with Crippen molar-refractivity contribution in [2.45, 2.75) is 26.4 Å². The van der Waals surface area contributed by atoms with Gasteiger partial charge < -0.3 is 5.11 Å². The molecule has 0 aliphatic rings. The Balaban J connectivity index is 2.25. The van der Waals surface area contributed by atoms with Crippen LogP contribution in [0.4, 0.5) is 8.78 Å². The molecule has 0 fully saturated rings. The van der Waals surface area contributed by atoms with E-state index in [2.05, 4.69) is 0 Å². The predicted octanol–water partition coefficient (Wildman–Crippen LogP) is 3.86. The van der Waals surface area contributed by atoms with Crippen molar-refractivity contribution in [1.29, 1.82) is 0 Å². The summed E-state index contributed by atoms with van der Waals surface area (Å²) in [5, 5.41) is 10.1. The molecule has 2 aromatic rings. The second-order valence-electron chi connectivity index (χ2n) is 4.83. The fourth-order valence-electron chi connectivity index (χ4n) is 2.11. The summed E-state index contributed by atoms with van der Waals surface area (Å²) in [6.45, 7) is 3.51. The van der Waals surface area contributed by atoms with Gasteiger partial charge in [0.2, 0.25) is 0 Å². The van der Waals surface area contributed by atoms with Crippen LogP contribution in [0.15, 0.2) is 36.4 Å². The van der Waals surface area contributed by atoms with Crippen LogP contribution in [-0.2, 0) is 6.42 Å². The van der Waals surface area contributed by atoms with E-state index >= 15 is 0 Å². The number of benzene rings is 2. The normalized spacial score (nSPS) is 12.5. The van der Waals surface area contributed by atoms with Gasteiger partial charge in [0.15, 0.2) is 0 Å². The zero-order valence-corrected chi connectivity index (χ0v) is 11.0. The number of aliphatic hydroxyl groups excluding tert-OH is 1. The van der Waals surface area contributed by atoms with Crippen molar-refractivity contribution < 1.29 is 13.9 Å². The van der Waals surface area contributed by atoms with E-state index in [-0.39, 0.29) is 5.56 Å². The number of aliphatic hydroxyl groups is 1. The molecule has 0 saturated heterocycles. The van der Waals surface area contributed by atoms with Gasteiger partial charge in [-0.2, -0.15) is 0 Å². The van der Waals surface area contributed by atoms with E-state index in [1.807, 2.05) is 31.2 Å². The first kappa shape index (κ1) is 13.7. The molecule has 0 aromatic heterocycles. The third-order valence-electron chi connectivity index (χ3n) is 3.15. The van der Waals surface area contributed by atoms with Gasteiger partial charge in [0.05, 0.1) is 6.10 Å². The largest absolute Gasteiger partial charge is 0.388 e. The molecule has 2 aromatic carbocycles. The summed E-state index contributed by atoms with van der Waals surface area (Å²) in [7, 11) is 0. The molecule has 0 aliphatic carbocycles. The minimum atomic E-state index is -0.971. The highest BCUT2D eigenvalue weighted by Gasteiger charge is 2.15. The van der Waals surface area contributed by atoms with Gasteiger partial charge in [-0.1, -0.05) is 29.8 Å². The Labute approximate surface area is 111 Å². The first-order chi connectivity index (χ1) is 8.97. The third-order valence-corrected chi connectivity index (χ3v) is 3.15. The molecule has 0 radical (unpaired) electrons. The van der Waals surface area contributed by atoms with Crippen molar-refractivity contribution in [2.75, 3.05) is 0 Å². The molecule has 3 heteroatoms. The van der Waals surface area contributed by atoms with E-state index in [0.29, 0.717) is 12.0 Å². The predicted molar refractivity (Wildman–Crippen MR) is 70.9 cm³/mol. The zero-order chi connectivity index (χ0) is 14.0. The van der Waals surface area contributed by atoms with E-state index in [1.165, 1.54) is 6.07 Å². The van der Waals surface area contributed by atoms with Crippen LogP contribution >= 0.6 is 0 Å². The van der Waals surface area contributed by atoms with Crippen LogP contribution in [-0.4, -0.2) is 5.11 Å². The highest BCUT2D eigenvalue weighted by molar-refractivity contribution is 5.30. The lowest BCUT2D eigenvalue weighted by atomic mass is 9.98. The summed E-state index contributed by atoms with van der Waals surface area (Å²) in [4.78, 5) is 0. The van der Waals surface area contributed by atoms with Gasteiger partial charge in [0.1, 0.15) is 11.6 Å². The fourth-order valence-corrected chi connectivity index (χ4v) is 2.11. The molecule has 1 N–H and O–H groups in total. The highest BCUT2D eigenvalue weighted by Crippen LogP contribution is 2.24. The van der Waals surface area contributed by atoms with Crippen LogP contribution < -0.4 is 0 Å². The van der Waals surface area contributed by atoms with Crippen molar-refractivity contribution >= 4 is 0 Å². The maximum absolute atomic E-state index is 13.7. The molecule has 19 heavy (non-hydrogen) atoms. The lowest BCUT2D eigenvalue weighted by Gasteiger charge is -2.13. The Hall–Kier alpha value is -1.74. The van der Waals surface area contributed by atoms with Gasteiger partial charge in [-0.05, 0) is 31.0 Å². The molecule has 0 saturated carbocycles. The van der Waals surface area contributed by atoms with E-state index in [0.717, 1.165) is 17.2 Å². The Morgan fingerprint density at radius 1 is 1.05 bits per heavy atom. The summed E-state index contributed by atoms with van der Waals surface area (Å²) in [5.41, 5.74) is 2.48. The standard InChI is InChI=1S/C16H16F2O/c1-10-4-3-5-12(6-10)8-16(19)13-7-11(2)14(17)9-15(13)18/h3-7,9,16,19H,8H2,1-2H3. The van der Waals surface area contributed by atoms with E-state index in [1.54, 1.807) is 6.92 Å². The third kappa shape index (κ3) is 3.18. The summed E-state index contributed by atoms with van der Waals surface area (Å²) in [6, 6.07) is 9.86. The monoisotopic (exact) mass is 262 g/mol. The first-order valence-electron chi connectivity index (χ1n) is 6.16. The average molecular weight is 262 g/mol. The van der Waals surface area contributed by atoms with Crippen LogP contribution in [0.25, 0.3) is 0 Å². The molecule has 100 valence electrons. The van der Waals surface area contributed by atoms with E-state index < -0.39 is 17.7 Å². The van der Waals surface area contributed by atoms with Gasteiger partial charge in [-0.15, -0.1) is 0 Å². The van der Waals surface area contributed by atoms with Crippen LogP contribution in [0.5, 0.6) is 0 Å². The molecule has 0 aliphatic heterocycles. The van der Waals surface area contributed by atoms with E-state index in [9.17, 15) is 13.9 Å². The SMILES string of the molecule is Cc1cccc(CC(O)c2cc(C)c(F)cc2F)c1. The molecular formula is C16H16F2O. The average Bonchev–Trinajstić information content (AvgIpc) is 2.33. The fraction of sp³-hybridized carbons (Fsp3) is 0.250. The van der Waals surface area contributed by atoms with Crippen molar-refractivity contribution in [3.63, 3.8) is 0 Å². The Morgan fingerprint density at radius 2 is 1.79 bits per heavy atom. The zero-order valence-electron chi connectivity index (χ0n) is 11.0. The minimum absolute atomic E-state index is 0.139.